The van der Waals surface area contributed by atoms with Crippen LogP contribution in [-0.4, -0.2) is 32.9 Å². The molecule has 1 aliphatic carbocycles. The topological polar surface area (TPSA) is 27.7 Å². The molecule has 3 nitrogen and oxygen atoms in total. The minimum absolute atomic E-state index is 0.110. The van der Waals surface area contributed by atoms with E-state index >= 15 is 0 Å². The summed E-state index contributed by atoms with van der Waals surface area (Å²) in [5.74, 6) is 0.272. The molecule has 1 saturated heterocycles. The van der Waals surface area contributed by atoms with Gasteiger partial charge in [-0.1, -0.05) is 32.9 Å². The van der Waals surface area contributed by atoms with Crippen molar-refractivity contribution < 1.29 is 13.9 Å². The molecule has 1 saturated carbocycles. The number of hydrogen-bond donors (Lipinski definition) is 0. The van der Waals surface area contributed by atoms with Crippen LogP contribution in [0.2, 0.25) is 18.1 Å². The first-order chi connectivity index (χ1) is 9.50. The fourth-order valence-corrected chi connectivity index (χ4v) is 3.78. The van der Waals surface area contributed by atoms with Gasteiger partial charge < -0.3 is 13.9 Å². The van der Waals surface area contributed by atoms with Crippen LogP contribution < -0.4 is 0 Å². The predicted molar refractivity (Wildman–Crippen MR) is 88.8 cm³/mol. The molecule has 2 aliphatic rings. The average molecular weight is 313 g/mol. The van der Waals surface area contributed by atoms with Crippen molar-refractivity contribution in [2.75, 3.05) is 6.61 Å². The summed E-state index contributed by atoms with van der Waals surface area (Å²) < 4.78 is 17.8. The maximum Gasteiger partial charge on any atom is 0.192 e. The summed E-state index contributed by atoms with van der Waals surface area (Å²) >= 11 is 0. The van der Waals surface area contributed by atoms with Crippen molar-refractivity contribution in [3.63, 3.8) is 0 Å². The minimum Gasteiger partial charge on any atom is -0.414 e. The Hall–Kier alpha value is -0.163. The Morgan fingerprint density at radius 2 is 1.95 bits per heavy atom. The van der Waals surface area contributed by atoms with E-state index < -0.39 is 14.1 Å². The van der Waals surface area contributed by atoms with E-state index in [1.807, 2.05) is 13.8 Å². The Morgan fingerprint density at radius 1 is 1.29 bits per heavy atom. The van der Waals surface area contributed by atoms with Crippen molar-refractivity contribution >= 4 is 8.32 Å². The molecule has 1 unspecified atom stereocenters. The van der Waals surface area contributed by atoms with E-state index in [0.29, 0.717) is 23.7 Å². The van der Waals surface area contributed by atoms with Crippen LogP contribution in [0.15, 0.2) is 12.2 Å². The van der Waals surface area contributed by atoms with Gasteiger partial charge in [0.25, 0.3) is 0 Å². The third-order valence-corrected chi connectivity index (χ3v) is 9.43. The summed E-state index contributed by atoms with van der Waals surface area (Å²) in [6.45, 7) is 16.2. The lowest BCUT2D eigenvalue weighted by Crippen LogP contribution is -2.41. The molecule has 0 radical (unpaired) electrons. The van der Waals surface area contributed by atoms with Crippen molar-refractivity contribution in [1.82, 2.24) is 0 Å². The molecule has 4 heteroatoms. The van der Waals surface area contributed by atoms with Crippen molar-refractivity contribution in [2.24, 2.45) is 5.92 Å². The van der Waals surface area contributed by atoms with E-state index in [1.54, 1.807) is 0 Å². The van der Waals surface area contributed by atoms with Gasteiger partial charge in [-0.15, -0.1) is 0 Å². The van der Waals surface area contributed by atoms with E-state index in [4.69, 9.17) is 13.9 Å². The molecule has 21 heavy (non-hydrogen) atoms. The van der Waals surface area contributed by atoms with E-state index in [-0.39, 0.29) is 6.10 Å². The number of allylic oxidation sites excluding steroid dienone is 1. The Labute approximate surface area is 131 Å². The molecule has 0 spiro atoms. The molecule has 1 heterocycles. The molecule has 0 aromatic carbocycles. The van der Waals surface area contributed by atoms with Gasteiger partial charge in [0.2, 0.25) is 0 Å². The molecule has 0 aromatic rings. The first-order valence-corrected chi connectivity index (χ1v) is 11.1. The van der Waals surface area contributed by atoms with Gasteiger partial charge in [-0.3, -0.25) is 0 Å². The molecule has 2 rings (SSSR count). The van der Waals surface area contributed by atoms with Gasteiger partial charge in [-0.05, 0) is 50.7 Å². The maximum atomic E-state index is 6.43. The van der Waals surface area contributed by atoms with Gasteiger partial charge in [-0.2, -0.15) is 0 Å². The summed E-state index contributed by atoms with van der Waals surface area (Å²) in [5.41, 5.74) is 0. The maximum absolute atomic E-state index is 6.43. The van der Waals surface area contributed by atoms with Crippen LogP contribution in [0.1, 0.15) is 47.5 Å². The van der Waals surface area contributed by atoms with Crippen molar-refractivity contribution in [3.05, 3.63) is 12.2 Å². The molecule has 3 atom stereocenters. The first-order valence-electron chi connectivity index (χ1n) is 8.16. The summed E-state index contributed by atoms with van der Waals surface area (Å²) in [4.78, 5) is 0. The molecular formula is C17H32O3Si. The largest absolute Gasteiger partial charge is 0.414 e. The Morgan fingerprint density at radius 3 is 2.48 bits per heavy atom. The van der Waals surface area contributed by atoms with Crippen LogP contribution in [-0.2, 0) is 13.9 Å². The van der Waals surface area contributed by atoms with Crippen molar-refractivity contribution in [3.8, 4) is 0 Å². The second-order valence-corrected chi connectivity index (χ2v) is 13.2. The van der Waals surface area contributed by atoms with Crippen LogP contribution in [0, 0.1) is 5.92 Å². The lowest BCUT2D eigenvalue weighted by Gasteiger charge is -2.36. The first kappa shape index (κ1) is 17.2. The molecule has 1 aliphatic heterocycles. The number of rotatable bonds is 5. The molecular weight excluding hydrogens is 280 g/mol. The SMILES string of the molecule is CC1(C)OCC(/C=C/C[C@H]2C[C@H]2O[Si](C)(C)C(C)(C)C)O1. The molecule has 0 bridgehead atoms. The van der Waals surface area contributed by atoms with Crippen LogP contribution in [0.4, 0.5) is 0 Å². The van der Waals surface area contributed by atoms with Gasteiger partial charge in [0.05, 0.1) is 6.61 Å². The normalized spacial score (nSPS) is 32.8. The Balaban J connectivity index is 1.71. The Bertz CT molecular complexity index is 395. The zero-order chi connectivity index (χ0) is 15.9. The van der Waals surface area contributed by atoms with Gasteiger partial charge in [0.1, 0.15) is 6.10 Å². The van der Waals surface area contributed by atoms with Crippen LogP contribution in [0.25, 0.3) is 0 Å². The highest BCUT2D eigenvalue weighted by Crippen LogP contribution is 2.45. The molecule has 0 aromatic heterocycles. The zero-order valence-corrected chi connectivity index (χ0v) is 15.7. The minimum atomic E-state index is -1.60. The van der Waals surface area contributed by atoms with E-state index in [2.05, 4.69) is 46.0 Å². The summed E-state index contributed by atoms with van der Waals surface area (Å²) in [6, 6.07) is 0. The van der Waals surface area contributed by atoms with Gasteiger partial charge in [0.15, 0.2) is 14.1 Å². The molecule has 0 N–H and O–H groups in total. The standard InChI is InChI=1S/C17H32O3Si/c1-16(2,3)21(6,7)20-15-11-13(15)9-8-10-14-12-18-17(4,5)19-14/h8,10,13-15H,9,11-12H2,1-7H3/b10-8+/t13-,14?,15+/m0/s1. The van der Waals surface area contributed by atoms with E-state index in [0.717, 1.165) is 6.42 Å². The van der Waals surface area contributed by atoms with Crippen LogP contribution in [0.5, 0.6) is 0 Å². The second-order valence-electron chi connectivity index (χ2n) is 8.44. The zero-order valence-electron chi connectivity index (χ0n) is 14.7. The highest BCUT2D eigenvalue weighted by molar-refractivity contribution is 6.74. The molecule has 0 amide bonds. The van der Waals surface area contributed by atoms with Crippen molar-refractivity contribution in [1.29, 1.82) is 0 Å². The Kier molecular flexibility index (Phi) is 4.75. The van der Waals surface area contributed by atoms with Gasteiger partial charge >= 0.3 is 0 Å². The third kappa shape index (κ3) is 4.65. The lowest BCUT2D eigenvalue weighted by atomic mass is 10.2. The van der Waals surface area contributed by atoms with Gasteiger partial charge in [-0.25, -0.2) is 0 Å². The summed E-state index contributed by atoms with van der Waals surface area (Å²) in [5, 5.41) is 0.302. The third-order valence-electron chi connectivity index (χ3n) is 4.93. The van der Waals surface area contributed by atoms with E-state index in [9.17, 15) is 0 Å². The quantitative estimate of drug-likeness (QED) is 0.553. The molecule has 2 fully saturated rings. The highest BCUT2D eigenvalue weighted by Gasteiger charge is 2.46. The smallest absolute Gasteiger partial charge is 0.192 e. The van der Waals surface area contributed by atoms with Crippen molar-refractivity contribution in [2.45, 2.75) is 83.6 Å². The second kappa shape index (κ2) is 5.80. The lowest BCUT2D eigenvalue weighted by molar-refractivity contribution is -0.133. The summed E-state index contributed by atoms with van der Waals surface area (Å²) in [7, 11) is -1.60. The number of ether oxygens (including phenoxy) is 2. The number of hydrogen-bond acceptors (Lipinski definition) is 3. The summed E-state index contributed by atoms with van der Waals surface area (Å²) in [6.07, 6.45) is 7.29. The predicted octanol–water partition coefficient (Wildman–Crippen LogP) is 4.49. The molecule has 122 valence electrons. The fourth-order valence-electron chi connectivity index (χ4n) is 2.38. The highest BCUT2D eigenvalue weighted by atomic mass is 28.4. The van der Waals surface area contributed by atoms with Gasteiger partial charge in [0, 0.05) is 6.10 Å². The monoisotopic (exact) mass is 312 g/mol. The fraction of sp³-hybridized carbons (Fsp3) is 0.882. The average Bonchev–Trinajstić information content (AvgIpc) is 2.91. The van der Waals surface area contributed by atoms with Crippen LogP contribution >= 0.6 is 0 Å². The van der Waals surface area contributed by atoms with E-state index in [1.165, 1.54) is 6.42 Å². The van der Waals surface area contributed by atoms with Crippen LogP contribution in [0.3, 0.4) is 0 Å².